The second kappa shape index (κ2) is 11.1. The molecule has 1 aromatic heterocycles. The zero-order valence-corrected chi connectivity index (χ0v) is 19.4. The Morgan fingerprint density at radius 3 is 2.44 bits per heavy atom. The number of amides is 3. The summed E-state index contributed by atoms with van der Waals surface area (Å²) in [5.41, 5.74) is 0.922. The highest BCUT2D eigenvalue weighted by Crippen LogP contribution is 2.34. The monoisotopic (exact) mass is 497 g/mol. The average molecular weight is 498 g/mol. The zero-order valence-electron chi connectivity index (χ0n) is 19.4. The van der Waals surface area contributed by atoms with Gasteiger partial charge in [0.15, 0.2) is 0 Å². The van der Waals surface area contributed by atoms with E-state index >= 15 is 0 Å². The fourth-order valence-corrected chi connectivity index (χ4v) is 4.11. The van der Waals surface area contributed by atoms with Crippen LogP contribution in [0, 0.1) is 0 Å². The summed E-state index contributed by atoms with van der Waals surface area (Å²) in [6, 6.07) is 12.4. The highest BCUT2D eigenvalue weighted by molar-refractivity contribution is 6.04. The van der Waals surface area contributed by atoms with Crippen LogP contribution in [0.25, 0.3) is 0 Å². The predicted octanol–water partition coefficient (Wildman–Crippen LogP) is 5.66. The van der Waals surface area contributed by atoms with E-state index in [-0.39, 0.29) is 23.8 Å². The third-order valence-corrected chi connectivity index (χ3v) is 5.85. The number of hydrogen-bond acceptors (Lipinski definition) is 4. The van der Waals surface area contributed by atoms with Gasteiger partial charge in [0.25, 0.3) is 5.91 Å². The molecule has 3 N–H and O–H groups in total. The maximum atomic E-state index is 13.3. The third-order valence-electron chi connectivity index (χ3n) is 5.85. The van der Waals surface area contributed by atoms with Crippen molar-refractivity contribution in [2.45, 2.75) is 32.0 Å². The molecule has 0 bridgehead atoms. The molecule has 1 aliphatic rings. The highest BCUT2D eigenvalue weighted by atomic mass is 19.4. The van der Waals surface area contributed by atoms with E-state index in [1.807, 2.05) is 6.07 Å². The summed E-state index contributed by atoms with van der Waals surface area (Å²) in [6.45, 7) is 1.90. The number of aromatic nitrogens is 1. The molecule has 36 heavy (non-hydrogen) atoms. The molecule has 0 spiro atoms. The second-order valence-electron chi connectivity index (χ2n) is 8.45. The molecule has 2 aromatic carbocycles. The van der Waals surface area contributed by atoms with Gasteiger partial charge >= 0.3 is 12.2 Å². The largest absolute Gasteiger partial charge is 0.418 e. The van der Waals surface area contributed by atoms with Crippen LogP contribution in [0.1, 0.15) is 40.7 Å². The maximum absolute atomic E-state index is 13.3. The van der Waals surface area contributed by atoms with E-state index < -0.39 is 17.8 Å². The molecular formula is C26H26F3N5O2. The van der Waals surface area contributed by atoms with E-state index in [4.69, 9.17) is 0 Å². The Bertz CT molecular complexity index is 1210. The first-order valence-corrected chi connectivity index (χ1v) is 11.6. The van der Waals surface area contributed by atoms with Crippen molar-refractivity contribution in [2.75, 3.05) is 28.6 Å². The van der Waals surface area contributed by atoms with Crippen molar-refractivity contribution < 1.29 is 22.8 Å². The fraction of sp³-hybridized carbons (Fsp3) is 0.269. The van der Waals surface area contributed by atoms with Crippen LogP contribution in [0.5, 0.6) is 0 Å². The summed E-state index contributed by atoms with van der Waals surface area (Å²) in [7, 11) is 0. The first kappa shape index (κ1) is 25.0. The van der Waals surface area contributed by atoms with Gasteiger partial charge in [0.05, 0.1) is 16.8 Å². The van der Waals surface area contributed by atoms with Crippen molar-refractivity contribution >= 4 is 29.0 Å². The number of pyridine rings is 1. The molecule has 0 aliphatic carbocycles. The number of nitrogens with one attached hydrogen (secondary N) is 3. The van der Waals surface area contributed by atoms with Crippen molar-refractivity contribution in [3.05, 3.63) is 83.7 Å². The summed E-state index contributed by atoms with van der Waals surface area (Å²) in [5.74, 6) is -0.328. The van der Waals surface area contributed by atoms with E-state index in [1.165, 1.54) is 24.3 Å². The van der Waals surface area contributed by atoms with E-state index in [1.54, 1.807) is 30.6 Å². The van der Waals surface area contributed by atoms with Crippen LogP contribution < -0.4 is 20.9 Å². The molecule has 1 saturated heterocycles. The summed E-state index contributed by atoms with van der Waals surface area (Å²) in [6.07, 6.45) is 1.84. The van der Waals surface area contributed by atoms with Gasteiger partial charge in [-0.2, -0.15) is 13.2 Å². The van der Waals surface area contributed by atoms with Crippen LogP contribution >= 0.6 is 0 Å². The second-order valence-corrected chi connectivity index (χ2v) is 8.45. The highest BCUT2D eigenvalue weighted by Gasteiger charge is 2.33. The smallest absolute Gasteiger partial charge is 0.371 e. The Labute approximate surface area is 206 Å². The number of carbonyl (C=O) groups is 2. The molecule has 0 radical (unpaired) electrons. The zero-order chi connectivity index (χ0) is 25.5. The summed E-state index contributed by atoms with van der Waals surface area (Å²) in [5, 5.41) is 7.67. The molecule has 0 unspecified atom stereocenters. The molecule has 188 valence electrons. The van der Waals surface area contributed by atoms with Crippen LogP contribution in [-0.2, 0) is 12.7 Å². The number of nitrogens with zero attached hydrogens (tertiary/aromatic N) is 2. The van der Waals surface area contributed by atoms with Crippen LogP contribution in [0.4, 0.5) is 35.0 Å². The molecule has 0 saturated carbocycles. The number of para-hydroxylation sites is 1. The quantitative estimate of drug-likeness (QED) is 0.410. The van der Waals surface area contributed by atoms with Crippen LogP contribution in [-0.4, -0.2) is 30.0 Å². The number of hydrogen-bond donors (Lipinski definition) is 3. The molecule has 2 heterocycles. The number of benzene rings is 2. The van der Waals surface area contributed by atoms with Gasteiger partial charge in [0.1, 0.15) is 0 Å². The van der Waals surface area contributed by atoms with Crippen LogP contribution in [0.2, 0.25) is 0 Å². The summed E-state index contributed by atoms with van der Waals surface area (Å²) in [4.78, 5) is 31.9. The SMILES string of the molecule is O=C(Nc1ccc(N2CCCCC2)c(C(=O)NCc2cccnc2)c1)Nc1ccccc1C(F)(F)F. The lowest BCUT2D eigenvalue weighted by atomic mass is 10.1. The van der Waals surface area contributed by atoms with Crippen LogP contribution in [0.15, 0.2) is 67.0 Å². The number of rotatable bonds is 6. The average Bonchev–Trinajstić information content (AvgIpc) is 2.88. The summed E-state index contributed by atoms with van der Waals surface area (Å²) >= 11 is 0. The minimum absolute atomic E-state index is 0.276. The van der Waals surface area contributed by atoms with Gasteiger partial charge in [-0.3, -0.25) is 9.78 Å². The standard InChI is InChI=1S/C26H26F3N5O2/c27-26(28,29)21-8-2-3-9-22(21)33-25(36)32-19-10-11-23(34-13-4-1-5-14-34)20(15-19)24(35)31-17-18-7-6-12-30-16-18/h2-3,6-12,15-16H,1,4-5,13-14,17H2,(H,31,35)(H2,32,33,36). The van der Waals surface area contributed by atoms with Crippen molar-refractivity contribution in [3.63, 3.8) is 0 Å². The Morgan fingerprint density at radius 2 is 1.72 bits per heavy atom. The number of alkyl halides is 3. The minimum atomic E-state index is -4.61. The molecule has 3 aromatic rings. The molecule has 7 nitrogen and oxygen atoms in total. The first-order valence-electron chi connectivity index (χ1n) is 11.6. The molecule has 10 heteroatoms. The number of piperidine rings is 1. The number of urea groups is 1. The number of carbonyl (C=O) groups excluding carboxylic acids is 2. The number of halogens is 3. The maximum Gasteiger partial charge on any atom is 0.418 e. The van der Waals surface area contributed by atoms with Gasteiger partial charge in [-0.1, -0.05) is 18.2 Å². The fourth-order valence-electron chi connectivity index (χ4n) is 4.11. The molecule has 1 aliphatic heterocycles. The third kappa shape index (κ3) is 6.32. The van der Waals surface area contributed by atoms with Crippen LogP contribution in [0.3, 0.4) is 0 Å². The van der Waals surface area contributed by atoms with Crippen molar-refractivity contribution in [1.82, 2.24) is 10.3 Å². The lowest BCUT2D eigenvalue weighted by Crippen LogP contribution is -2.33. The van der Waals surface area contributed by atoms with E-state index in [9.17, 15) is 22.8 Å². The minimum Gasteiger partial charge on any atom is -0.371 e. The van der Waals surface area contributed by atoms with Gasteiger partial charge in [-0.05, 0) is 61.2 Å². The lowest BCUT2D eigenvalue weighted by Gasteiger charge is -2.30. The van der Waals surface area contributed by atoms with Gasteiger partial charge < -0.3 is 20.9 Å². The van der Waals surface area contributed by atoms with E-state index in [0.717, 1.165) is 49.7 Å². The van der Waals surface area contributed by atoms with Crippen molar-refractivity contribution in [2.24, 2.45) is 0 Å². The molecule has 3 amide bonds. The molecule has 1 fully saturated rings. The Balaban J connectivity index is 1.53. The van der Waals surface area contributed by atoms with E-state index in [2.05, 4.69) is 25.8 Å². The Morgan fingerprint density at radius 1 is 0.944 bits per heavy atom. The Hall–Kier alpha value is -4.08. The first-order chi connectivity index (χ1) is 17.3. The van der Waals surface area contributed by atoms with Gasteiger partial charge in [-0.15, -0.1) is 0 Å². The lowest BCUT2D eigenvalue weighted by molar-refractivity contribution is -0.136. The van der Waals surface area contributed by atoms with Gasteiger partial charge in [0, 0.05) is 43.4 Å². The molecular weight excluding hydrogens is 471 g/mol. The predicted molar refractivity (Wildman–Crippen MR) is 132 cm³/mol. The van der Waals surface area contributed by atoms with Gasteiger partial charge in [-0.25, -0.2) is 4.79 Å². The normalized spacial score (nSPS) is 13.7. The van der Waals surface area contributed by atoms with Gasteiger partial charge in [0.2, 0.25) is 0 Å². The Kier molecular flexibility index (Phi) is 7.72. The van der Waals surface area contributed by atoms with Crippen molar-refractivity contribution in [3.8, 4) is 0 Å². The topological polar surface area (TPSA) is 86.4 Å². The summed E-state index contributed by atoms with van der Waals surface area (Å²) < 4.78 is 39.8. The molecule has 0 atom stereocenters. The number of anilines is 3. The van der Waals surface area contributed by atoms with E-state index in [0.29, 0.717) is 5.56 Å². The molecule has 4 rings (SSSR count). The van der Waals surface area contributed by atoms with Crippen molar-refractivity contribution in [1.29, 1.82) is 0 Å².